The van der Waals surface area contributed by atoms with Crippen LogP contribution in [0.1, 0.15) is 50.0 Å². The van der Waals surface area contributed by atoms with Gasteiger partial charge in [-0.1, -0.05) is 24.6 Å². The number of fused-ring (bicyclic) bond motifs is 2. The fraction of sp³-hybridized carbons (Fsp3) is 0.684. The molecule has 0 N–H and O–H groups in total. The van der Waals surface area contributed by atoms with Crippen LogP contribution < -0.4 is 4.74 Å². The van der Waals surface area contributed by atoms with E-state index in [0.717, 1.165) is 23.6 Å². The standard InChI is InChI=1S/C19H27NO/c1-21-19-5-3-2-4-17(19)15-8-10-20(11-9-15)18-13-14-6-7-16(18)12-14/h2-5,14-16,18H,6-13H2,1H3/t14-,16-,18?/m0/s1. The van der Waals surface area contributed by atoms with E-state index in [-0.39, 0.29) is 0 Å². The molecule has 2 aliphatic carbocycles. The molecule has 1 heterocycles. The minimum atomic E-state index is 0.691. The largest absolute Gasteiger partial charge is 0.496 e. The molecule has 0 aromatic heterocycles. The van der Waals surface area contributed by atoms with Crippen molar-refractivity contribution < 1.29 is 4.74 Å². The summed E-state index contributed by atoms with van der Waals surface area (Å²) in [6, 6.07) is 9.52. The smallest absolute Gasteiger partial charge is 0.122 e. The van der Waals surface area contributed by atoms with Gasteiger partial charge in [-0.25, -0.2) is 0 Å². The Morgan fingerprint density at radius 3 is 2.48 bits per heavy atom. The molecule has 2 nitrogen and oxygen atoms in total. The van der Waals surface area contributed by atoms with Crippen LogP contribution in [0.4, 0.5) is 0 Å². The maximum atomic E-state index is 5.55. The van der Waals surface area contributed by atoms with Crippen LogP contribution >= 0.6 is 0 Å². The maximum absolute atomic E-state index is 5.55. The zero-order chi connectivity index (χ0) is 14.2. The van der Waals surface area contributed by atoms with Crippen molar-refractivity contribution in [1.29, 1.82) is 0 Å². The van der Waals surface area contributed by atoms with Crippen molar-refractivity contribution in [2.24, 2.45) is 11.8 Å². The summed E-state index contributed by atoms with van der Waals surface area (Å²) in [5, 5.41) is 0. The van der Waals surface area contributed by atoms with E-state index in [9.17, 15) is 0 Å². The second-order valence-electron chi connectivity index (χ2n) is 7.29. The molecule has 1 unspecified atom stereocenters. The molecule has 21 heavy (non-hydrogen) atoms. The number of para-hydroxylation sites is 1. The highest BCUT2D eigenvalue weighted by Gasteiger charge is 2.42. The fourth-order valence-corrected chi connectivity index (χ4v) is 5.20. The van der Waals surface area contributed by atoms with Crippen molar-refractivity contribution >= 4 is 0 Å². The number of benzene rings is 1. The second-order valence-corrected chi connectivity index (χ2v) is 7.29. The molecule has 2 saturated carbocycles. The van der Waals surface area contributed by atoms with Gasteiger partial charge in [0.15, 0.2) is 0 Å². The Kier molecular flexibility index (Phi) is 3.66. The fourth-order valence-electron chi connectivity index (χ4n) is 5.20. The first-order valence-electron chi connectivity index (χ1n) is 8.72. The third kappa shape index (κ3) is 2.48. The van der Waals surface area contributed by atoms with Crippen LogP contribution in [0.25, 0.3) is 0 Å². The first-order chi connectivity index (χ1) is 10.3. The molecule has 4 rings (SSSR count). The molecule has 114 valence electrons. The molecular formula is C19H27NO. The lowest BCUT2D eigenvalue weighted by atomic mass is 9.86. The Labute approximate surface area is 128 Å². The van der Waals surface area contributed by atoms with Crippen LogP contribution in [-0.4, -0.2) is 31.1 Å². The molecule has 2 heteroatoms. The number of nitrogens with zero attached hydrogens (tertiary/aromatic N) is 1. The molecule has 1 saturated heterocycles. The molecule has 2 bridgehead atoms. The molecule has 1 aliphatic heterocycles. The number of hydrogen-bond donors (Lipinski definition) is 0. The zero-order valence-corrected chi connectivity index (χ0v) is 13.1. The van der Waals surface area contributed by atoms with Crippen molar-refractivity contribution in [3.05, 3.63) is 29.8 Å². The Morgan fingerprint density at radius 2 is 1.81 bits per heavy atom. The zero-order valence-electron chi connectivity index (χ0n) is 13.1. The Hall–Kier alpha value is -1.02. The summed E-state index contributed by atoms with van der Waals surface area (Å²) in [4.78, 5) is 2.82. The van der Waals surface area contributed by atoms with Crippen molar-refractivity contribution in [1.82, 2.24) is 4.90 Å². The number of methoxy groups -OCH3 is 1. The third-order valence-electron chi connectivity index (χ3n) is 6.28. The van der Waals surface area contributed by atoms with Crippen LogP contribution in [0.3, 0.4) is 0 Å². The quantitative estimate of drug-likeness (QED) is 0.830. The molecule has 3 aliphatic rings. The molecule has 0 spiro atoms. The van der Waals surface area contributed by atoms with E-state index in [0.29, 0.717) is 5.92 Å². The van der Waals surface area contributed by atoms with Crippen molar-refractivity contribution in [2.75, 3.05) is 20.2 Å². The van der Waals surface area contributed by atoms with Gasteiger partial charge in [-0.3, -0.25) is 0 Å². The second kappa shape index (κ2) is 5.64. The molecular weight excluding hydrogens is 258 g/mol. The van der Waals surface area contributed by atoms with Gasteiger partial charge < -0.3 is 9.64 Å². The van der Waals surface area contributed by atoms with Crippen LogP contribution in [0.15, 0.2) is 24.3 Å². The van der Waals surface area contributed by atoms with Crippen molar-refractivity contribution in [2.45, 2.75) is 50.5 Å². The van der Waals surface area contributed by atoms with Gasteiger partial charge in [0.2, 0.25) is 0 Å². The Balaban J connectivity index is 1.40. The average molecular weight is 285 g/mol. The van der Waals surface area contributed by atoms with E-state index in [2.05, 4.69) is 29.2 Å². The molecule has 0 radical (unpaired) electrons. The maximum Gasteiger partial charge on any atom is 0.122 e. The van der Waals surface area contributed by atoms with Crippen LogP contribution in [0, 0.1) is 11.8 Å². The van der Waals surface area contributed by atoms with Gasteiger partial charge in [0.25, 0.3) is 0 Å². The molecule has 3 atom stereocenters. The minimum absolute atomic E-state index is 0.691. The molecule has 3 fully saturated rings. The predicted octanol–water partition coefficient (Wildman–Crippen LogP) is 4.06. The highest BCUT2D eigenvalue weighted by molar-refractivity contribution is 5.36. The lowest BCUT2D eigenvalue weighted by Crippen LogP contribution is -2.43. The van der Waals surface area contributed by atoms with E-state index in [1.807, 2.05) is 0 Å². The predicted molar refractivity (Wildman–Crippen MR) is 85.8 cm³/mol. The van der Waals surface area contributed by atoms with Gasteiger partial charge >= 0.3 is 0 Å². The van der Waals surface area contributed by atoms with Gasteiger partial charge in [-0.15, -0.1) is 0 Å². The van der Waals surface area contributed by atoms with Crippen LogP contribution in [0.2, 0.25) is 0 Å². The average Bonchev–Trinajstić information content (AvgIpc) is 3.18. The lowest BCUT2D eigenvalue weighted by molar-refractivity contribution is 0.110. The van der Waals surface area contributed by atoms with Gasteiger partial charge in [0.1, 0.15) is 5.75 Å². The minimum Gasteiger partial charge on any atom is -0.496 e. The van der Waals surface area contributed by atoms with E-state index in [1.54, 1.807) is 7.11 Å². The Bertz CT molecular complexity index is 492. The number of rotatable bonds is 3. The summed E-state index contributed by atoms with van der Waals surface area (Å²) in [6.45, 7) is 2.58. The molecule has 1 aromatic rings. The number of likely N-dealkylation sites (tertiary alicyclic amines) is 1. The third-order valence-corrected chi connectivity index (χ3v) is 6.28. The van der Waals surface area contributed by atoms with Gasteiger partial charge in [-0.05, 0) is 74.6 Å². The van der Waals surface area contributed by atoms with E-state index < -0.39 is 0 Å². The van der Waals surface area contributed by atoms with Crippen LogP contribution in [-0.2, 0) is 0 Å². The van der Waals surface area contributed by atoms with E-state index >= 15 is 0 Å². The topological polar surface area (TPSA) is 12.5 Å². The SMILES string of the molecule is COc1ccccc1C1CCN(C2C[C@H]3CC[C@H]2C3)CC1. The number of piperidine rings is 1. The summed E-state index contributed by atoms with van der Waals surface area (Å²) in [5.74, 6) is 3.86. The summed E-state index contributed by atoms with van der Waals surface area (Å²) in [7, 11) is 1.79. The monoisotopic (exact) mass is 285 g/mol. The number of ether oxygens (including phenoxy) is 1. The number of hydrogen-bond acceptors (Lipinski definition) is 2. The van der Waals surface area contributed by atoms with E-state index in [1.165, 1.54) is 57.2 Å². The molecule has 0 amide bonds. The van der Waals surface area contributed by atoms with Crippen LogP contribution in [0.5, 0.6) is 5.75 Å². The summed E-state index contributed by atoms with van der Waals surface area (Å²) >= 11 is 0. The van der Waals surface area contributed by atoms with Gasteiger partial charge in [0, 0.05) is 6.04 Å². The highest BCUT2D eigenvalue weighted by atomic mass is 16.5. The van der Waals surface area contributed by atoms with E-state index in [4.69, 9.17) is 4.74 Å². The summed E-state index contributed by atoms with van der Waals surface area (Å²) in [5.41, 5.74) is 1.42. The summed E-state index contributed by atoms with van der Waals surface area (Å²) in [6.07, 6.45) is 8.63. The first-order valence-corrected chi connectivity index (χ1v) is 8.72. The van der Waals surface area contributed by atoms with Crippen molar-refractivity contribution in [3.8, 4) is 5.75 Å². The summed E-state index contributed by atoms with van der Waals surface area (Å²) < 4.78 is 5.55. The Morgan fingerprint density at radius 1 is 1.00 bits per heavy atom. The normalized spacial score (nSPS) is 33.5. The van der Waals surface area contributed by atoms with Gasteiger partial charge in [0.05, 0.1) is 7.11 Å². The lowest BCUT2D eigenvalue weighted by Gasteiger charge is -2.40. The van der Waals surface area contributed by atoms with Gasteiger partial charge in [-0.2, -0.15) is 0 Å². The molecule has 1 aromatic carbocycles. The van der Waals surface area contributed by atoms with Crippen molar-refractivity contribution in [3.63, 3.8) is 0 Å². The highest BCUT2D eigenvalue weighted by Crippen LogP contribution is 2.47. The first kappa shape index (κ1) is 13.6.